The SMILES string of the molecule is CCCCCO.CCCCCOP(=S)(S)OCCCCC.S=PP=S=S=S=S. The second-order valence-corrected chi connectivity index (χ2v) is 20.4. The zero-order valence-electron chi connectivity index (χ0n) is 17.0. The Balaban J connectivity index is -0.000000397. The molecule has 3 nitrogen and oxygen atoms in total. The summed E-state index contributed by atoms with van der Waals surface area (Å²) in [5.41, 5.74) is -2.25. The quantitative estimate of drug-likeness (QED) is 0.126. The van der Waals surface area contributed by atoms with Crippen molar-refractivity contribution >= 4 is 94.1 Å². The zero-order chi connectivity index (χ0) is 21.9. The average Bonchev–Trinajstić information content (AvgIpc) is 2.68. The molecule has 0 heterocycles. The highest BCUT2D eigenvalue weighted by atomic mass is 33.3. The van der Waals surface area contributed by atoms with Gasteiger partial charge in [0.15, 0.2) is 0 Å². The molecule has 0 aromatic carbocycles. The van der Waals surface area contributed by atoms with Crippen molar-refractivity contribution in [2.24, 2.45) is 0 Å². The summed E-state index contributed by atoms with van der Waals surface area (Å²) in [4.78, 5) is 0. The van der Waals surface area contributed by atoms with Gasteiger partial charge in [-0.15, -0.1) is 0 Å². The summed E-state index contributed by atoms with van der Waals surface area (Å²) >= 11 is 18.7. The molecule has 0 aromatic rings. The van der Waals surface area contributed by atoms with Gasteiger partial charge in [0, 0.05) is 20.7 Å². The highest BCUT2D eigenvalue weighted by Crippen LogP contribution is 2.53. The first-order valence-corrected chi connectivity index (χ1v) is 21.6. The van der Waals surface area contributed by atoms with Crippen LogP contribution in [0.15, 0.2) is 0 Å². The van der Waals surface area contributed by atoms with E-state index < -0.39 is 5.69 Å². The average molecular weight is 581 g/mol. The number of rotatable bonds is 14. The summed E-state index contributed by atoms with van der Waals surface area (Å²) in [6.45, 7) is 8.17. The fourth-order valence-corrected chi connectivity index (χ4v) is 12.8. The van der Waals surface area contributed by atoms with E-state index in [1.54, 1.807) is 18.4 Å². The molecule has 170 valence electrons. The van der Waals surface area contributed by atoms with E-state index in [4.69, 9.17) is 26.0 Å². The predicted octanol–water partition coefficient (Wildman–Crippen LogP) is 7.43. The van der Waals surface area contributed by atoms with Crippen LogP contribution in [0.2, 0.25) is 0 Å². The third-order valence-electron chi connectivity index (χ3n) is 2.89. The third kappa shape index (κ3) is 39.1. The summed E-state index contributed by atoms with van der Waals surface area (Å²) < 4.78 is 11.0. The monoisotopic (exact) mass is 580 g/mol. The first kappa shape index (κ1) is 35.2. The molecule has 0 aliphatic heterocycles. The Labute approximate surface area is 205 Å². The van der Waals surface area contributed by atoms with E-state index in [0.717, 1.165) is 32.7 Å². The molecule has 0 unspecified atom stereocenters. The lowest BCUT2D eigenvalue weighted by atomic mass is 10.3. The van der Waals surface area contributed by atoms with Crippen LogP contribution in [-0.2, 0) is 71.1 Å². The van der Waals surface area contributed by atoms with Crippen molar-refractivity contribution in [2.75, 3.05) is 19.8 Å². The molecule has 0 fully saturated rings. The van der Waals surface area contributed by atoms with Gasteiger partial charge in [0.25, 0.3) is 0 Å². The van der Waals surface area contributed by atoms with E-state index in [-0.39, 0.29) is 0 Å². The summed E-state index contributed by atoms with van der Waals surface area (Å²) in [6.07, 6.45) is 10.2. The van der Waals surface area contributed by atoms with Crippen molar-refractivity contribution in [3.05, 3.63) is 0 Å². The minimum absolute atomic E-state index is 0.355. The molecular weight excluding hydrogens is 546 g/mol. The van der Waals surface area contributed by atoms with Gasteiger partial charge in [0.2, 0.25) is 5.69 Å². The summed E-state index contributed by atoms with van der Waals surface area (Å²) in [5.74, 6) is 0. The molecule has 0 spiro atoms. The van der Waals surface area contributed by atoms with Crippen LogP contribution in [-0.4, -0.2) is 24.9 Å². The van der Waals surface area contributed by atoms with Crippen molar-refractivity contribution in [2.45, 2.75) is 78.6 Å². The Morgan fingerprint density at radius 2 is 1.39 bits per heavy atom. The lowest BCUT2D eigenvalue weighted by molar-refractivity contribution is 0.251. The molecular formula is C15H35O3P3S7. The maximum atomic E-state index is 8.20. The summed E-state index contributed by atoms with van der Waals surface area (Å²) in [5, 5.41) is 8.20. The zero-order valence-corrected chi connectivity index (χ0v) is 25.5. The van der Waals surface area contributed by atoms with Crippen LogP contribution in [0, 0.1) is 0 Å². The normalized spacial score (nSPS) is 10.5. The lowest BCUT2D eigenvalue weighted by Crippen LogP contribution is -1.95. The molecule has 0 bridgehead atoms. The summed E-state index contributed by atoms with van der Waals surface area (Å²) in [7, 11) is 6.83. The molecule has 0 aromatic heterocycles. The minimum atomic E-state index is -2.25. The molecule has 28 heavy (non-hydrogen) atoms. The number of thiol groups is 1. The minimum Gasteiger partial charge on any atom is -0.396 e. The summed E-state index contributed by atoms with van der Waals surface area (Å²) in [6, 6.07) is 0. The van der Waals surface area contributed by atoms with Crippen LogP contribution in [0.5, 0.6) is 0 Å². The standard InChI is InChI=1S/C10H23O2PS2.C5H12O.P2S5/c1-3-5-7-9-11-13(14,15)12-10-8-6-4-2;1-2-3-4-5-6;3-1-2-5-7-6-4/h3-10H2,1-2H3,(H,14,15);6H,2-5H2,1H3;. The Morgan fingerprint density at radius 3 is 1.71 bits per heavy atom. The van der Waals surface area contributed by atoms with Gasteiger partial charge in [-0.05, 0) is 81.3 Å². The van der Waals surface area contributed by atoms with Gasteiger partial charge in [-0.25, -0.2) is 0 Å². The largest absolute Gasteiger partial charge is 0.396 e. The number of hydrogen-bond donors (Lipinski definition) is 2. The number of hydrogen-bond acceptors (Lipinski definition) is 6. The second kappa shape index (κ2) is 31.8. The molecule has 0 saturated heterocycles. The Kier molecular flexibility index (Phi) is 39.9. The molecule has 0 saturated carbocycles. The van der Waals surface area contributed by atoms with E-state index in [2.05, 4.69) is 56.0 Å². The van der Waals surface area contributed by atoms with Gasteiger partial charge in [-0.1, -0.05) is 71.5 Å². The van der Waals surface area contributed by atoms with Crippen molar-refractivity contribution in [3.63, 3.8) is 0 Å². The molecule has 0 aliphatic rings. The molecule has 13 heteroatoms. The first-order chi connectivity index (χ1) is 13.4. The van der Waals surface area contributed by atoms with Crippen LogP contribution < -0.4 is 0 Å². The Bertz CT molecular complexity index is 487. The van der Waals surface area contributed by atoms with Crippen molar-refractivity contribution < 1.29 is 14.2 Å². The number of unbranched alkanes of at least 4 members (excludes halogenated alkanes) is 6. The van der Waals surface area contributed by atoms with Gasteiger partial charge < -0.3 is 14.2 Å². The van der Waals surface area contributed by atoms with Crippen LogP contribution in [0.25, 0.3) is 0 Å². The highest BCUT2D eigenvalue weighted by Gasteiger charge is 2.11. The van der Waals surface area contributed by atoms with Gasteiger partial charge in [0.1, 0.15) is 0 Å². The molecule has 0 aliphatic carbocycles. The van der Waals surface area contributed by atoms with E-state index in [1.165, 1.54) is 48.0 Å². The van der Waals surface area contributed by atoms with Gasteiger partial charge in [0.05, 0.1) is 13.2 Å². The second-order valence-electron chi connectivity index (χ2n) is 5.35. The maximum Gasteiger partial charge on any atom is 0.244 e. The topological polar surface area (TPSA) is 38.7 Å². The Morgan fingerprint density at radius 1 is 0.929 bits per heavy atom. The number of aliphatic hydroxyl groups excluding tert-OH is 1. The van der Waals surface area contributed by atoms with Crippen LogP contribution in [0.3, 0.4) is 0 Å². The van der Waals surface area contributed by atoms with Crippen molar-refractivity contribution in [3.8, 4) is 0 Å². The van der Waals surface area contributed by atoms with Crippen LogP contribution in [0.1, 0.15) is 78.6 Å². The Hall–Kier alpha value is 2.58. The molecule has 0 rings (SSSR count). The van der Waals surface area contributed by atoms with Crippen molar-refractivity contribution in [1.29, 1.82) is 0 Å². The fraction of sp³-hybridized carbons (Fsp3) is 1.00. The molecule has 0 radical (unpaired) electrons. The molecule has 0 atom stereocenters. The van der Waals surface area contributed by atoms with E-state index in [9.17, 15) is 0 Å². The van der Waals surface area contributed by atoms with Crippen molar-refractivity contribution in [1.82, 2.24) is 0 Å². The maximum absolute atomic E-state index is 8.20. The smallest absolute Gasteiger partial charge is 0.244 e. The lowest BCUT2D eigenvalue weighted by Gasteiger charge is -2.16. The first-order valence-electron chi connectivity index (χ1n) is 9.33. The fourth-order valence-electron chi connectivity index (χ4n) is 1.50. The van der Waals surface area contributed by atoms with Crippen LogP contribution >= 0.6 is 32.0 Å². The van der Waals surface area contributed by atoms with Crippen LogP contribution in [0.4, 0.5) is 0 Å². The highest BCUT2D eigenvalue weighted by molar-refractivity contribution is 8.63. The molecule has 0 amide bonds. The van der Waals surface area contributed by atoms with Gasteiger partial charge in [-0.3, -0.25) is 0 Å². The molecule has 1 N–H and O–H groups in total. The van der Waals surface area contributed by atoms with Gasteiger partial charge >= 0.3 is 0 Å². The van der Waals surface area contributed by atoms with E-state index in [1.807, 2.05) is 0 Å². The predicted molar refractivity (Wildman–Crippen MR) is 152 cm³/mol. The van der Waals surface area contributed by atoms with E-state index >= 15 is 0 Å². The number of aliphatic hydroxyl groups is 1. The third-order valence-corrected chi connectivity index (χ3v) is 15.2. The van der Waals surface area contributed by atoms with E-state index in [0.29, 0.717) is 19.8 Å². The van der Waals surface area contributed by atoms with Gasteiger partial charge in [-0.2, -0.15) is 0 Å².